The van der Waals surface area contributed by atoms with Crippen molar-refractivity contribution in [3.63, 3.8) is 0 Å². The molecule has 0 aliphatic heterocycles. The fraction of sp³-hybridized carbons (Fsp3) is 0.769. The summed E-state index contributed by atoms with van der Waals surface area (Å²) in [7, 11) is 1.91. The van der Waals surface area contributed by atoms with Crippen LogP contribution in [0.15, 0.2) is 0 Å². The van der Waals surface area contributed by atoms with Crippen LogP contribution in [0.3, 0.4) is 0 Å². The fourth-order valence-corrected chi connectivity index (χ4v) is 2.21. The Morgan fingerprint density at radius 3 is 2.53 bits per heavy atom. The van der Waals surface area contributed by atoms with Gasteiger partial charge in [-0.1, -0.05) is 0 Å². The average Bonchev–Trinajstić information content (AvgIpc) is 3.02. The monoisotopic (exact) mass is 236 g/mol. The van der Waals surface area contributed by atoms with Gasteiger partial charge in [0.05, 0.1) is 5.69 Å². The maximum absolute atomic E-state index is 6.07. The SMILES string of the molecule is Cc1nn(C)c(N)c1CN(CC1CC1)C(C)C. The molecule has 96 valence electrons. The van der Waals surface area contributed by atoms with Gasteiger partial charge in [-0.2, -0.15) is 5.10 Å². The van der Waals surface area contributed by atoms with E-state index in [1.54, 1.807) is 4.68 Å². The summed E-state index contributed by atoms with van der Waals surface area (Å²) in [5.41, 5.74) is 8.33. The molecule has 17 heavy (non-hydrogen) atoms. The summed E-state index contributed by atoms with van der Waals surface area (Å²) in [6.45, 7) is 8.68. The molecule has 4 nitrogen and oxygen atoms in total. The molecule has 1 aromatic rings. The van der Waals surface area contributed by atoms with E-state index in [1.165, 1.54) is 24.9 Å². The molecule has 0 radical (unpaired) electrons. The summed E-state index contributed by atoms with van der Waals surface area (Å²) >= 11 is 0. The molecule has 1 heterocycles. The lowest BCUT2D eigenvalue weighted by atomic mass is 10.2. The molecule has 0 atom stereocenters. The minimum atomic E-state index is 0.564. The van der Waals surface area contributed by atoms with Crippen LogP contribution < -0.4 is 5.73 Å². The lowest BCUT2D eigenvalue weighted by Crippen LogP contribution is -2.32. The van der Waals surface area contributed by atoms with Gasteiger partial charge in [0.1, 0.15) is 5.82 Å². The molecule has 2 rings (SSSR count). The van der Waals surface area contributed by atoms with Gasteiger partial charge in [0.25, 0.3) is 0 Å². The Kier molecular flexibility index (Phi) is 3.43. The second-order valence-corrected chi connectivity index (χ2v) is 5.54. The molecule has 1 aliphatic rings. The molecule has 4 heteroatoms. The Labute approximate surface area is 104 Å². The Morgan fingerprint density at radius 2 is 2.12 bits per heavy atom. The Hall–Kier alpha value is -1.03. The molecular weight excluding hydrogens is 212 g/mol. The van der Waals surface area contributed by atoms with Crippen LogP contribution in [0.4, 0.5) is 5.82 Å². The predicted octanol–water partition coefficient (Wildman–Crippen LogP) is 1.93. The van der Waals surface area contributed by atoms with Gasteiger partial charge in [0.15, 0.2) is 0 Å². The van der Waals surface area contributed by atoms with E-state index in [-0.39, 0.29) is 0 Å². The quantitative estimate of drug-likeness (QED) is 0.849. The van der Waals surface area contributed by atoms with Crippen molar-refractivity contribution in [1.82, 2.24) is 14.7 Å². The molecule has 0 aromatic carbocycles. The smallest absolute Gasteiger partial charge is 0.126 e. The Morgan fingerprint density at radius 1 is 1.47 bits per heavy atom. The zero-order valence-corrected chi connectivity index (χ0v) is 11.4. The minimum Gasteiger partial charge on any atom is -0.384 e. The molecule has 0 unspecified atom stereocenters. The van der Waals surface area contributed by atoms with Crippen LogP contribution in [-0.2, 0) is 13.6 Å². The first-order valence-corrected chi connectivity index (χ1v) is 6.51. The number of hydrogen-bond donors (Lipinski definition) is 1. The van der Waals surface area contributed by atoms with Gasteiger partial charge in [-0.25, -0.2) is 0 Å². The van der Waals surface area contributed by atoms with E-state index in [4.69, 9.17) is 5.73 Å². The van der Waals surface area contributed by atoms with Crippen LogP contribution in [-0.4, -0.2) is 27.3 Å². The van der Waals surface area contributed by atoms with Crippen molar-refractivity contribution >= 4 is 5.82 Å². The number of nitrogens with two attached hydrogens (primary N) is 1. The number of hydrogen-bond acceptors (Lipinski definition) is 3. The second kappa shape index (κ2) is 4.69. The molecule has 0 spiro atoms. The number of anilines is 1. The zero-order chi connectivity index (χ0) is 12.6. The maximum Gasteiger partial charge on any atom is 0.126 e. The van der Waals surface area contributed by atoms with Crippen LogP contribution in [0.25, 0.3) is 0 Å². The van der Waals surface area contributed by atoms with E-state index in [9.17, 15) is 0 Å². The van der Waals surface area contributed by atoms with Crippen molar-refractivity contribution in [2.24, 2.45) is 13.0 Å². The van der Waals surface area contributed by atoms with Crippen LogP contribution in [0, 0.1) is 12.8 Å². The third-order valence-corrected chi connectivity index (χ3v) is 3.68. The highest BCUT2D eigenvalue weighted by Crippen LogP contribution is 2.31. The lowest BCUT2D eigenvalue weighted by molar-refractivity contribution is 0.204. The first kappa shape index (κ1) is 12.4. The summed E-state index contributed by atoms with van der Waals surface area (Å²) in [6.07, 6.45) is 2.79. The van der Waals surface area contributed by atoms with Gasteiger partial charge in [-0.15, -0.1) is 0 Å². The van der Waals surface area contributed by atoms with Gasteiger partial charge < -0.3 is 5.73 Å². The minimum absolute atomic E-state index is 0.564. The molecule has 2 N–H and O–H groups in total. The highest BCUT2D eigenvalue weighted by Gasteiger charge is 2.26. The van der Waals surface area contributed by atoms with Crippen molar-refractivity contribution in [3.8, 4) is 0 Å². The number of aromatic nitrogens is 2. The highest BCUT2D eigenvalue weighted by molar-refractivity contribution is 5.42. The summed E-state index contributed by atoms with van der Waals surface area (Å²) in [6, 6.07) is 0.564. The van der Waals surface area contributed by atoms with Crippen molar-refractivity contribution in [3.05, 3.63) is 11.3 Å². The molecule has 0 saturated heterocycles. The summed E-state index contributed by atoms with van der Waals surface area (Å²) in [5.74, 6) is 1.72. The molecule has 0 bridgehead atoms. The van der Waals surface area contributed by atoms with Gasteiger partial charge in [-0.05, 0) is 39.5 Å². The van der Waals surface area contributed by atoms with E-state index in [2.05, 4.69) is 23.8 Å². The molecule has 1 fully saturated rings. The fourth-order valence-electron chi connectivity index (χ4n) is 2.21. The lowest BCUT2D eigenvalue weighted by Gasteiger charge is -2.26. The van der Waals surface area contributed by atoms with Gasteiger partial charge in [0, 0.05) is 31.7 Å². The van der Waals surface area contributed by atoms with E-state index in [0.29, 0.717) is 6.04 Å². The van der Waals surface area contributed by atoms with Crippen LogP contribution in [0.2, 0.25) is 0 Å². The first-order valence-electron chi connectivity index (χ1n) is 6.51. The normalized spacial score (nSPS) is 16.1. The first-order chi connectivity index (χ1) is 7.99. The topological polar surface area (TPSA) is 47.1 Å². The van der Waals surface area contributed by atoms with Crippen molar-refractivity contribution in [2.45, 2.75) is 46.2 Å². The highest BCUT2D eigenvalue weighted by atomic mass is 15.3. The third kappa shape index (κ3) is 2.80. The number of nitrogens with zero attached hydrogens (tertiary/aromatic N) is 3. The van der Waals surface area contributed by atoms with E-state index >= 15 is 0 Å². The van der Waals surface area contributed by atoms with Crippen molar-refractivity contribution in [2.75, 3.05) is 12.3 Å². The molecular formula is C13H24N4. The zero-order valence-electron chi connectivity index (χ0n) is 11.4. The van der Waals surface area contributed by atoms with E-state index in [1.807, 2.05) is 14.0 Å². The molecule has 1 saturated carbocycles. The number of nitrogen functional groups attached to an aromatic ring is 1. The largest absolute Gasteiger partial charge is 0.384 e. The van der Waals surface area contributed by atoms with Crippen LogP contribution in [0.5, 0.6) is 0 Å². The Balaban J connectivity index is 2.10. The van der Waals surface area contributed by atoms with Crippen molar-refractivity contribution < 1.29 is 0 Å². The molecule has 1 aliphatic carbocycles. The second-order valence-electron chi connectivity index (χ2n) is 5.54. The van der Waals surface area contributed by atoms with Gasteiger partial charge in [0.2, 0.25) is 0 Å². The molecule has 0 amide bonds. The third-order valence-electron chi connectivity index (χ3n) is 3.68. The Bertz CT molecular complexity index is 390. The number of aryl methyl sites for hydroxylation is 2. The summed E-state index contributed by atoms with van der Waals surface area (Å²) < 4.78 is 1.78. The van der Waals surface area contributed by atoms with Crippen LogP contribution >= 0.6 is 0 Å². The average molecular weight is 236 g/mol. The molecule has 1 aromatic heterocycles. The number of rotatable bonds is 5. The summed E-state index contributed by atoms with van der Waals surface area (Å²) in [5, 5.41) is 4.38. The summed E-state index contributed by atoms with van der Waals surface area (Å²) in [4.78, 5) is 2.51. The predicted molar refractivity (Wildman–Crippen MR) is 70.6 cm³/mol. The van der Waals surface area contributed by atoms with E-state index in [0.717, 1.165) is 24.0 Å². The maximum atomic E-state index is 6.07. The van der Waals surface area contributed by atoms with E-state index < -0.39 is 0 Å². The van der Waals surface area contributed by atoms with Gasteiger partial charge >= 0.3 is 0 Å². The standard InChI is InChI=1S/C13H24N4/c1-9(2)17(7-11-5-6-11)8-12-10(3)15-16(4)13(12)14/h9,11H,5-8,14H2,1-4H3. The van der Waals surface area contributed by atoms with Crippen LogP contribution in [0.1, 0.15) is 37.9 Å². The van der Waals surface area contributed by atoms with Crippen molar-refractivity contribution in [1.29, 1.82) is 0 Å². The van der Waals surface area contributed by atoms with Gasteiger partial charge in [-0.3, -0.25) is 9.58 Å².